The fraction of sp³-hybridized carbons (Fsp3) is 0.360. The van der Waals surface area contributed by atoms with Crippen LogP contribution >= 0.6 is 27.3 Å². The van der Waals surface area contributed by atoms with Crippen LogP contribution in [0.1, 0.15) is 30.2 Å². The molecule has 0 bridgehead atoms. The summed E-state index contributed by atoms with van der Waals surface area (Å²) in [5.41, 5.74) is 2.28. The molecule has 0 radical (unpaired) electrons. The first-order valence-corrected chi connectivity index (χ1v) is 12.6. The Morgan fingerprint density at radius 1 is 1.16 bits per heavy atom. The molecule has 6 heteroatoms. The second-order valence-electron chi connectivity index (χ2n) is 8.50. The Hall–Kier alpha value is -2.18. The van der Waals surface area contributed by atoms with E-state index in [4.69, 9.17) is 4.98 Å². The van der Waals surface area contributed by atoms with Crippen molar-refractivity contribution in [3.05, 3.63) is 70.2 Å². The molecule has 1 amide bonds. The van der Waals surface area contributed by atoms with Crippen LogP contribution in [-0.4, -0.2) is 30.5 Å². The lowest BCUT2D eigenvalue weighted by Crippen LogP contribution is -2.38. The number of para-hydroxylation sites is 1. The fourth-order valence-corrected chi connectivity index (χ4v) is 6.24. The first-order chi connectivity index (χ1) is 15.2. The number of aromatic nitrogens is 1. The van der Waals surface area contributed by atoms with Crippen molar-refractivity contribution < 1.29 is 4.79 Å². The molecule has 1 aliphatic heterocycles. The van der Waals surface area contributed by atoms with E-state index in [9.17, 15) is 4.79 Å². The molecule has 4 nitrogen and oxygen atoms in total. The summed E-state index contributed by atoms with van der Waals surface area (Å²) >= 11 is 5.29. The second-order valence-corrected chi connectivity index (χ2v) is 10.5. The molecule has 2 aliphatic rings. The quantitative estimate of drug-likeness (QED) is 0.458. The van der Waals surface area contributed by atoms with E-state index in [1.807, 2.05) is 12.1 Å². The van der Waals surface area contributed by atoms with Crippen LogP contribution in [0.25, 0.3) is 10.2 Å². The summed E-state index contributed by atoms with van der Waals surface area (Å²) in [5.74, 6) is 0.801. The minimum atomic E-state index is -0.0341. The Morgan fingerprint density at radius 2 is 2.03 bits per heavy atom. The number of amides is 1. The van der Waals surface area contributed by atoms with Gasteiger partial charge >= 0.3 is 0 Å². The number of allylic oxidation sites excluding steroid dienone is 2. The highest BCUT2D eigenvalue weighted by Crippen LogP contribution is 2.38. The average Bonchev–Trinajstić information content (AvgIpc) is 3.44. The third kappa shape index (κ3) is 4.55. The molecule has 1 saturated heterocycles. The topological polar surface area (TPSA) is 45.2 Å². The van der Waals surface area contributed by atoms with Crippen molar-refractivity contribution in [1.29, 1.82) is 0 Å². The van der Waals surface area contributed by atoms with E-state index in [1.54, 1.807) is 11.3 Å². The molecule has 1 aromatic heterocycles. The zero-order chi connectivity index (χ0) is 21.2. The molecule has 5 rings (SSSR count). The SMILES string of the molecule is O=C(NCC1CCN(c2cccc(Br)c2)C1)C1CC=CCC1c1nc2ccccc2s1. The van der Waals surface area contributed by atoms with Crippen LogP contribution in [-0.2, 0) is 4.79 Å². The van der Waals surface area contributed by atoms with Gasteiger partial charge in [-0.3, -0.25) is 4.79 Å². The number of rotatable bonds is 5. The number of carbonyl (C=O) groups excluding carboxylic acids is 1. The van der Waals surface area contributed by atoms with Gasteiger partial charge in [0.25, 0.3) is 0 Å². The number of carbonyl (C=O) groups is 1. The average molecular weight is 496 g/mol. The summed E-state index contributed by atoms with van der Waals surface area (Å²) in [7, 11) is 0. The zero-order valence-corrected chi connectivity index (χ0v) is 19.7. The van der Waals surface area contributed by atoms with Crippen molar-refractivity contribution >= 4 is 49.1 Å². The van der Waals surface area contributed by atoms with Crippen LogP contribution in [0.4, 0.5) is 5.69 Å². The molecule has 0 saturated carbocycles. The number of halogens is 1. The number of nitrogens with one attached hydrogen (secondary N) is 1. The van der Waals surface area contributed by atoms with Gasteiger partial charge in [-0.2, -0.15) is 0 Å². The van der Waals surface area contributed by atoms with Crippen molar-refractivity contribution in [2.45, 2.75) is 25.2 Å². The van der Waals surface area contributed by atoms with Crippen LogP contribution < -0.4 is 10.2 Å². The van der Waals surface area contributed by atoms with E-state index < -0.39 is 0 Å². The van der Waals surface area contributed by atoms with Gasteiger partial charge < -0.3 is 10.2 Å². The van der Waals surface area contributed by atoms with Crippen molar-refractivity contribution in [3.63, 3.8) is 0 Å². The van der Waals surface area contributed by atoms with Crippen LogP contribution in [0.15, 0.2) is 65.2 Å². The number of nitrogens with zero attached hydrogens (tertiary/aromatic N) is 2. The maximum absolute atomic E-state index is 13.2. The lowest BCUT2D eigenvalue weighted by molar-refractivity contribution is -0.125. The molecule has 0 spiro atoms. The normalized spacial score (nSPS) is 23.4. The van der Waals surface area contributed by atoms with E-state index in [2.05, 4.69) is 74.7 Å². The van der Waals surface area contributed by atoms with Gasteiger partial charge in [-0.15, -0.1) is 11.3 Å². The molecule has 31 heavy (non-hydrogen) atoms. The van der Waals surface area contributed by atoms with Crippen LogP contribution in [0.3, 0.4) is 0 Å². The second kappa shape index (κ2) is 9.13. The molecule has 160 valence electrons. The van der Waals surface area contributed by atoms with Gasteiger partial charge in [0.2, 0.25) is 5.91 Å². The van der Waals surface area contributed by atoms with Crippen LogP contribution in [0, 0.1) is 11.8 Å². The minimum Gasteiger partial charge on any atom is -0.371 e. The Morgan fingerprint density at radius 3 is 2.90 bits per heavy atom. The number of hydrogen-bond donors (Lipinski definition) is 1. The van der Waals surface area contributed by atoms with Gasteiger partial charge in [0.05, 0.1) is 21.1 Å². The lowest BCUT2D eigenvalue weighted by Gasteiger charge is -2.26. The molecular weight excluding hydrogens is 470 g/mol. The summed E-state index contributed by atoms with van der Waals surface area (Å²) < 4.78 is 2.30. The minimum absolute atomic E-state index is 0.0341. The van der Waals surface area contributed by atoms with Gasteiger partial charge in [0.15, 0.2) is 0 Å². The molecule has 2 aromatic carbocycles. The first-order valence-electron chi connectivity index (χ1n) is 11.0. The van der Waals surface area contributed by atoms with Crippen LogP contribution in [0.5, 0.6) is 0 Å². The Bertz CT molecular complexity index is 1080. The first kappa shape index (κ1) is 20.7. The number of anilines is 1. The number of hydrogen-bond acceptors (Lipinski definition) is 4. The number of thiazole rings is 1. The highest BCUT2D eigenvalue weighted by molar-refractivity contribution is 9.10. The molecule has 3 unspecified atom stereocenters. The molecule has 3 aromatic rings. The van der Waals surface area contributed by atoms with Gasteiger partial charge in [0, 0.05) is 35.7 Å². The van der Waals surface area contributed by atoms with Gasteiger partial charge in [-0.1, -0.05) is 46.3 Å². The van der Waals surface area contributed by atoms with Crippen molar-refractivity contribution in [2.75, 3.05) is 24.5 Å². The molecule has 3 atom stereocenters. The van der Waals surface area contributed by atoms with Crippen LogP contribution in [0.2, 0.25) is 0 Å². The van der Waals surface area contributed by atoms with E-state index in [0.29, 0.717) is 5.92 Å². The van der Waals surface area contributed by atoms with Gasteiger partial charge in [0.1, 0.15) is 0 Å². The third-order valence-electron chi connectivity index (χ3n) is 6.42. The standard InChI is InChI=1S/C25H26BrN3OS/c26-18-6-5-7-19(14-18)29-13-12-17(16-29)15-27-24(30)20-8-1-2-9-21(20)25-28-22-10-3-4-11-23(22)31-25/h1-7,10-11,14,17,20-21H,8-9,12-13,15-16H2,(H,27,30). The maximum Gasteiger partial charge on any atom is 0.224 e. The van der Waals surface area contributed by atoms with Crippen molar-refractivity contribution in [2.24, 2.45) is 11.8 Å². The zero-order valence-electron chi connectivity index (χ0n) is 17.3. The largest absolute Gasteiger partial charge is 0.371 e. The smallest absolute Gasteiger partial charge is 0.224 e. The Balaban J connectivity index is 1.22. The predicted octanol–water partition coefficient (Wildman–Crippen LogP) is 5.75. The highest BCUT2D eigenvalue weighted by atomic mass is 79.9. The Labute approximate surface area is 195 Å². The van der Waals surface area contributed by atoms with Gasteiger partial charge in [-0.25, -0.2) is 4.98 Å². The summed E-state index contributed by atoms with van der Waals surface area (Å²) in [6.07, 6.45) is 7.14. The summed E-state index contributed by atoms with van der Waals surface area (Å²) in [4.78, 5) is 20.4. The number of fused-ring (bicyclic) bond motifs is 1. The van der Waals surface area contributed by atoms with E-state index in [-0.39, 0.29) is 17.7 Å². The molecule has 2 heterocycles. The molecular formula is C25H26BrN3OS. The maximum atomic E-state index is 13.2. The molecule has 1 aliphatic carbocycles. The predicted molar refractivity (Wildman–Crippen MR) is 132 cm³/mol. The highest BCUT2D eigenvalue weighted by Gasteiger charge is 2.33. The fourth-order valence-electron chi connectivity index (χ4n) is 4.71. The molecule has 1 N–H and O–H groups in total. The summed E-state index contributed by atoms with van der Waals surface area (Å²) in [5, 5.41) is 4.37. The van der Waals surface area contributed by atoms with E-state index >= 15 is 0 Å². The molecule has 1 fully saturated rings. The summed E-state index contributed by atoms with van der Waals surface area (Å²) in [6.45, 7) is 2.77. The van der Waals surface area contributed by atoms with E-state index in [0.717, 1.165) is 53.9 Å². The lowest BCUT2D eigenvalue weighted by atomic mass is 9.82. The number of benzene rings is 2. The summed E-state index contributed by atoms with van der Waals surface area (Å²) in [6, 6.07) is 16.7. The van der Waals surface area contributed by atoms with Crippen molar-refractivity contribution in [1.82, 2.24) is 10.3 Å². The van der Waals surface area contributed by atoms with Gasteiger partial charge in [-0.05, 0) is 55.5 Å². The Kier molecular flexibility index (Phi) is 6.10. The third-order valence-corrected chi connectivity index (χ3v) is 8.08. The van der Waals surface area contributed by atoms with E-state index in [1.165, 1.54) is 10.4 Å². The monoisotopic (exact) mass is 495 g/mol. The van der Waals surface area contributed by atoms with Crippen molar-refractivity contribution in [3.8, 4) is 0 Å².